The van der Waals surface area contributed by atoms with Gasteiger partial charge in [-0.2, -0.15) is 0 Å². The van der Waals surface area contributed by atoms with E-state index in [1.54, 1.807) is 0 Å². The van der Waals surface area contributed by atoms with Crippen LogP contribution in [0.1, 0.15) is 0 Å². The maximum atomic E-state index is 11.7. The van der Waals surface area contributed by atoms with Crippen LogP contribution >= 0.6 is 0 Å². The number of rotatable bonds is 4. The van der Waals surface area contributed by atoms with Crippen LogP contribution in [0.15, 0.2) is 10.6 Å². The van der Waals surface area contributed by atoms with Crippen molar-refractivity contribution in [3.63, 3.8) is 0 Å². The second-order valence-corrected chi connectivity index (χ2v) is 4.29. The maximum Gasteiger partial charge on any atom is 0.254 e. The van der Waals surface area contributed by atoms with Crippen molar-refractivity contribution >= 4 is 0 Å². The largest absolute Gasteiger partial charge is 0.569 e. The van der Waals surface area contributed by atoms with Gasteiger partial charge >= 0.3 is 0 Å². The zero-order valence-corrected chi connectivity index (χ0v) is 12.1. The molecule has 1 aliphatic heterocycles. The Bertz CT molecular complexity index is 333. The molecule has 0 radical (unpaired) electrons. The zero-order valence-electron chi connectivity index (χ0n) is 12.1. The van der Waals surface area contributed by atoms with E-state index < -0.39 is 0 Å². The molecular formula is C8H22N10O4. The minimum absolute atomic E-state index is 0.191. The Hall–Kier alpha value is -2.16. The molecule has 0 saturated carbocycles. The number of nitrogens with zero attached hydrogens (tertiary/aromatic N) is 6. The Morgan fingerprint density at radius 1 is 0.773 bits per heavy atom. The average molecular weight is 322 g/mol. The molecule has 1 rings (SSSR count). The lowest BCUT2D eigenvalue weighted by Gasteiger charge is -2.23. The van der Waals surface area contributed by atoms with Crippen molar-refractivity contribution in [3.8, 4) is 0 Å². The van der Waals surface area contributed by atoms with Gasteiger partial charge in [-0.05, 0) is 0 Å². The standard InChI is InChI=1S/C8H22N10O4/c9-21-13-17(19)15-5-3-11-1-2-12-4-6-16(8-7-15)18(20)14-22-10/h11-12H,1-10H2/b17-13-,18-14-. The van der Waals surface area contributed by atoms with Crippen LogP contribution in [0.5, 0.6) is 0 Å². The molecule has 6 N–H and O–H groups in total. The number of nitrogens with two attached hydrogens (primary N) is 2. The summed E-state index contributed by atoms with van der Waals surface area (Å²) in [6.45, 7) is 3.63. The van der Waals surface area contributed by atoms with E-state index in [1.165, 1.54) is 10.0 Å². The lowest BCUT2D eigenvalue weighted by molar-refractivity contribution is -0.726. The van der Waals surface area contributed by atoms with Crippen LogP contribution in [-0.2, 0) is 9.88 Å². The Morgan fingerprint density at radius 2 is 1.18 bits per heavy atom. The van der Waals surface area contributed by atoms with Gasteiger partial charge in [0.25, 0.3) is 10.6 Å². The maximum absolute atomic E-state index is 11.7. The molecule has 0 aliphatic carbocycles. The molecule has 0 atom stereocenters. The molecule has 14 nitrogen and oxygen atoms in total. The van der Waals surface area contributed by atoms with Gasteiger partial charge in [-0.25, -0.2) is 9.88 Å². The molecule has 14 heteroatoms. The monoisotopic (exact) mass is 322 g/mol. The van der Waals surface area contributed by atoms with Crippen molar-refractivity contribution in [1.29, 1.82) is 0 Å². The SMILES string of the molecule is NO/N=[N+](\[O-])N1CCNCCNCCN(/[N+]([O-])=N/ON)CC1. The summed E-state index contributed by atoms with van der Waals surface area (Å²) in [6, 6.07) is 0. The molecule has 1 fully saturated rings. The Labute approximate surface area is 126 Å². The molecule has 0 aromatic rings. The van der Waals surface area contributed by atoms with E-state index in [1.807, 2.05) is 0 Å². The summed E-state index contributed by atoms with van der Waals surface area (Å²) in [5, 5.41) is 38.5. The van der Waals surface area contributed by atoms with Crippen molar-refractivity contribution in [2.24, 2.45) is 22.3 Å². The van der Waals surface area contributed by atoms with Crippen LogP contribution in [0, 0.1) is 10.4 Å². The third-order valence-electron chi connectivity index (χ3n) is 2.91. The highest BCUT2D eigenvalue weighted by Crippen LogP contribution is 1.96. The van der Waals surface area contributed by atoms with Gasteiger partial charge in [-0.15, -0.1) is 21.8 Å². The summed E-state index contributed by atoms with van der Waals surface area (Å²) < 4.78 is 0. The summed E-state index contributed by atoms with van der Waals surface area (Å²) in [5.74, 6) is 9.50. The lowest BCUT2D eigenvalue weighted by atomic mass is 10.4. The van der Waals surface area contributed by atoms with Gasteiger partial charge in [0.05, 0.1) is 23.0 Å². The smallest absolute Gasteiger partial charge is 0.254 e. The lowest BCUT2D eigenvalue weighted by Crippen LogP contribution is -2.47. The minimum Gasteiger partial charge on any atom is -0.569 e. The molecule has 0 aromatic heterocycles. The molecule has 0 aromatic carbocycles. The third kappa shape index (κ3) is 6.53. The first-order valence-electron chi connectivity index (χ1n) is 6.68. The topological polar surface area (TPSA) is 178 Å². The molecule has 0 spiro atoms. The summed E-state index contributed by atoms with van der Waals surface area (Å²) in [4.78, 5) is 8.40. The predicted octanol–water partition coefficient (Wildman–Crippen LogP) is -2.85. The number of hydrogen-bond acceptors (Lipinski definition) is 10. The van der Waals surface area contributed by atoms with Gasteiger partial charge < -0.3 is 21.0 Å². The molecule has 128 valence electrons. The van der Waals surface area contributed by atoms with Crippen molar-refractivity contribution in [3.05, 3.63) is 10.4 Å². The summed E-state index contributed by atoms with van der Waals surface area (Å²) in [5.41, 5.74) is 0. The number of hydrazine groups is 2. The highest BCUT2D eigenvalue weighted by molar-refractivity contribution is 4.59. The Morgan fingerprint density at radius 3 is 1.55 bits per heavy atom. The third-order valence-corrected chi connectivity index (χ3v) is 2.91. The van der Waals surface area contributed by atoms with E-state index in [0.717, 1.165) is 0 Å². The molecule has 1 saturated heterocycles. The minimum atomic E-state index is 0.191. The van der Waals surface area contributed by atoms with Gasteiger partial charge in [0.1, 0.15) is 13.1 Å². The predicted molar refractivity (Wildman–Crippen MR) is 71.5 cm³/mol. The fourth-order valence-corrected chi connectivity index (χ4v) is 1.82. The fraction of sp³-hybridized carbons (Fsp3) is 1.00. The van der Waals surface area contributed by atoms with Crippen LogP contribution in [0.25, 0.3) is 0 Å². The summed E-state index contributed by atoms with van der Waals surface area (Å²) >= 11 is 0. The van der Waals surface area contributed by atoms with Crippen LogP contribution < -0.4 is 22.4 Å². The fourth-order valence-electron chi connectivity index (χ4n) is 1.82. The second-order valence-electron chi connectivity index (χ2n) is 4.29. The van der Waals surface area contributed by atoms with E-state index >= 15 is 0 Å². The van der Waals surface area contributed by atoms with Crippen LogP contribution in [0.3, 0.4) is 0 Å². The molecular weight excluding hydrogens is 300 g/mol. The van der Waals surface area contributed by atoms with Crippen LogP contribution in [0.2, 0.25) is 0 Å². The van der Waals surface area contributed by atoms with Gasteiger partial charge in [0.15, 0.2) is 0 Å². The van der Waals surface area contributed by atoms with E-state index in [2.05, 4.69) is 31.1 Å². The molecule has 22 heavy (non-hydrogen) atoms. The van der Waals surface area contributed by atoms with Gasteiger partial charge in [0.2, 0.25) is 0 Å². The first-order chi connectivity index (χ1) is 10.7. The van der Waals surface area contributed by atoms with Gasteiger partial charge in [-0.1, -0.05) is 0 Å². The Kier molecular flexibility index (Phi) is 8.58. The quantitative estimate of drug-likeness (QED) is 0.239. The van der Waals surface area contributed by atoms with E-state index in [4.69, 9.17) is 11.8 Å². The van der Waals surface area contributed by atoms with Crippen molar-refractivity contribution < 1.29 is 19.8 Å². The summed E-state index contributed by atoms with van der Waals surface area (Å²) in [7, 11) is 0. The molecule has 0 bridgehead atoms. The van der Waals surface area contributed by atoms with Crippen molar-refractivity contribution in [1.82, 2.24) is 20.7 Å². The Balaban J connectivity index is 2.72. The second kappa shape index (κ2) is 10.6. The van der Waals surface area contributed by atoms with E-state index in [-0.39, 0.29) is 23.0 Å². The van der Waals surface area contributed by atoms with Gasteiger partial charge in [-0.3, -0.25) is 0 Å². The van der Waals surface area contributed by atoms with E-state index in [0.29, 0.717) is 39.3 Å². The highest BCUT2D eigenvalue weighted by Gasteiger charge is 2.20. The summed E-state index contributed by atoms with van der Waals surface area (Å²) in [6.07, 6.45) is 0. The highest BCUT2D eigenvalue weighted by atomic mass is 16.8. The average Bonchev–Trinajstić information content (AvgIpc) is 2.48. The van der Waals surface area contributed by atoms with Gasteiger partial charge in [0, 0.05) is 26.2 Å². The normalized spacial score (nSPS) is 20.1. The molecule has 0 unspecified atom stereocenters. The molecule has 1 heterocycles. The van der Waals surface area contributed by atoms with Crippen LogP contribution in [-0.4, -0.2) is 72.3 Å². The first kappa shape index (κ1) is 17.9. The zero-order chi connectivity index (χ0) is 16.2. The number of hydrogen-bond donors (Lipinski definition) is 4. The number of nitrogens with one attached hydrogen (secondary N) is 2. The first-order valence-corrected chi connectivity index (χ1v) is 6.68. The van der Waals surface area contributed by atoms with Crippen molar-refractivity contribution in [2.45, 2.75) is 0 Å². The van der Waals surface area contributed by atoms with Crippen molar-refractivity contribution in [2.75, 3.05) is 52.4 Å². The van der Waals surface area contributed by atoms with E-state index in [9.17, 15) is 10.4 Å². The van der Waals surface area contributed by atoms with Crippen LogP contribution in [0.4, 0.5) is 0 Å². The molecule has 0 amide bonds. The molecule has 1 aliphatic rings.